The molecule has 0 bridgehead atoms. The van der Waals surface area contributed by atoms with Gasteiger partial charge >= 0.3 is 0 Å². The minimum absolute atomic E-state index is 0.153. The van der Waals surface area contributed by atoms with E-state index in [1.165, 1.54) is 6.92 Å². The quantitative estimate of drug-likeness (QED) is 0.817. The van der Waals surface area contributed by atoms with Crippen molar-refractivity contribution in [2.75, 3.05) is 23.9 Å². The Hall–Kier alpha value is -2.53. The number of hydrogen-bond acceptors (Lipinski definition) is 3. The lowest BCUT2D eigenvalue weighted by Gasteiger charge is -2.24. The molecule has 2 rings (SSSR count). The summed E-state index contributed by atoms with van der Waals surface area (Å²) in [4.78, 5) is 25.9. The van der Waals surface area contributed by atoms with E-state index in [1.807, 2.05) is 26.0 Å². The molecule has 0 aromatic heterocycles. The predicted octanol–water partition coefficient (Wildman–Crippen LogP) is 4.35. The largest absolute Gasteiger partial charge is 0.497 e. The van der Waals surface area contributed by atoms with Crippen molar-refractivity contribution in [1.82, 2.24) is 0 Å². The summed E-state index contributed by atoms with van der Waals surface area (Å²) in [6, 6.07) is 10.9. The van der Waals surface area contributed by atoms with Gasteiger partial charge in [-0.15, -0.1) is 0 Å². The summed E-state index contributed by atoms with van der Waals surface area (Å²) in [5, 5.41) is 3.32. The monoisotopic (exact) mass is 374 g/mol. The van der Waals surface area contributed by atoms with Crippen LogP contribution in [0.1, 0.15) is 24.5 Å². The van der Waals surface area contributed by atoms with E-state index in [1.54, 1.807) is 36.3 Å². The number of amides is 2. The number of nitrogens with zero attached hydrogens (tertiary/aromatic N) is 1. The molecule has 0 aliphatic rings. The zero-order valence-corrected chi connectivity index (χ0v) is 16.2. The van der Waals surface area contributed by atoms with E-state index in [4.69, 9.17) is 16.3 Å². The fourth-order valence-electron chi connectivity index (χ4n) is 2.81. The van der Waals surface area contributed by atoms with Gasteiger partial charge in [0.1, 0.15) is 5.75 Å². The van der Waals surface area contributed by atoms with E-state index in [-0.39, 0.29) is 24.8 Å². The smallest absolute Gasteiger partial charge is 0.226 e. The molecule has 138 valence electrons. The molecule has 5 nitrogen and oxygen atoms in total. The van der Waals surface area contributed by atoms with Gasteiger partial charge in [-0.05, 0) is 43.2 Å². The lowest BCUT2D eigenvalue weighted by Crippen LogP contribution is -2.32. The Labute approximate surface area is 158 Å². The molecule has 0 radical (unpaired) electrons. The zero-order valence-electron chi connectivity index (χ0n) is 15.4. The minimum atomic E-state index is -0.189. The van der Waals surface area contributed by atoms with Crippen molar-refractivity contribution in [3.05, 3.63) is 52.5 Å². The van der Waals surface area contributed by atoms with Crippen molar-refractivity contribution >= 4 is 34.8 Å². The number of ether oxygens (including phenoxy) is 1. The van der Waals surface area contributed by atoms with Crippen LogP contribution >= 0.6 is 11.6 Å². The number of anilines is 2. The maximum atomic E-state index is 12.3. The Kier molecular flexibility index (Phi) is 6.64. The van der Waals surface area contributed by atoms with E-state index < -0.39 is 0 Å². The first-order valence-electron chi connectivity index (χ1n) is 8.30. The van der Waals surface area contributed by atoms with Gasteiger partial charge < -0.3 is 15.0 Å². The summed E-state index contributed by atoms with van der Waals surface area (Å²) < 4.78 is 5.14. The van der Waals surface area contributed by atoms with Gasteiger partial charge in [0.15, 0.2) is 0 Å². The maximum absolute atomic E-state index is 12.3. The molecule has 2 aromatic carbocycles. The van der Waals surface area contributed by atoms with Crippen molar-refractivity contribution in [2.45, 2.75) is 27.2 Å². The van der Waals surface area contributed by atoms with Gasteiger partial charge in [0.05, 0.1) is 17.8 Å². The number of benzene rings is 2. The second-order valence-corrected chi connectivity index (χ2v) is 6.52. The van der Waals surface area contributed by atoms with Crippen LogP contribution in [0.5, 0.6) is 5.75 Å². The molecule has 0 aliphatic heterocycles. The van der Waals surface area contributed by atoms with Crippen molar-refractivity contribution < 1.29 is 14.3 Å². The first-order valence-corrected chi connectivity index (χ1v) is 8.68. The summed E-state index contributed by atoms with van der Waals surface area (Å²) in [5.41, 5.74) is 3.22. The Morgan fingerprint density at radius 3 is 2.54 bits per heavy atom. The first kappa shape index (κ1) is 19.8. The fraction of sp³-hybridized carbons (Fsp3) is 0.300. The van der Waals surface area contributed by atoms with Crippen LogP contribution < -0.4 is 15.0 Å². The van der Waals surface area contributed by atoms with Crippen molar-refractivity contribution in [3.8, 4) is 5.75 Å². The van der Waals surface area contributed by atoms with E-state index in [9.17, 15) is 9.59 Å². The maximum Gasteiger partial charge on any atom is 0.226 e. The molecule has 0 fully saturated rings. The van der Waals surface area contributed by atoms with Crippen LogP contribution in [-0.2, 0) is 9.59 Å². The van der Waals surface area contributed by atoms with Crippen molar-refractivity contribution in [3.63, 3.8) is 0 Å². The third-order valence-electron chi connectivity index (χ3n) is 3.96. The van der Waals surface area contributed by atoms with Crippen molar-refractivity contribution in [2.24, 2.45) is 0 Å². The minimum Gasteiger partial charge on any atom is -0.497 e. The Balaban J connectivity index is 2.09. The molecule has 0 aliphatic carbocycles. The number of rotatable bonds is 6. The average Bonchev–Trinajstić information content (AvgIpc) is 2.56. The molecule has 0 spiro atoms. The highest BCUT2D eigenvalue weighted by molar-refractivity contribution is 6.34. The van der Waals surface area contributed by atoms with Crippen LogP contribution in [-0.4, -0.2) is 25.5 Å². The Morgan fingerprint density at radius 1 is 1.19 bits per heavy atom. The second kappa shape index (κ2) is 8.72. The highest BCUT2D eigenvalue weighted by Crippen LogP contribution is 2.31. The first-order chi connectivity index (χ1) is 12.3. The van der Waals surface area contributed by atoms with E-state index in [0.717, 1.165) is 11.1 Å². The predicted molar refractivity (Wildman–Crippen MR) is 105 cm³/mol. The molecule has 2 amide bonds. The molecular formula is C20H23ClN2O3. The number of nitrogens with one attached hydrogen (secondary N) is 1. The van der Waals surface area contributed by atoms with Gasteiger partial charge in [0.2, 0.25) is 11.8 Å². The third-order valence-corrected chi connectivity index (χ3v) is 4.25. The van der Waals surface area contributed by atoms with Gasteiger partial charge in [0.25, 0.3) is 0 Å². The fourth-order valence-corrected chi connectivity index (χ4v) is 3.24. The van der Waals surface area contributed by atoms with Crippen LogP contribution in [0.3, 0.4) is 0 Å². The van der Waals surface area contributed by atoms with Gasteiger partial charge in [-0.2, -0.15) is 0 Å². The van der Waals surface area contributed by atoms with Gasteiger partial charge in [0, 0.05) is 31.6 Å². The highest BCUT2D eigenvalue weighted by atomic mass is 35.5. The van der Waals surface area contributed by atoms with Gasteiger partial charge in [-0.1, -0.05) is 23.7 Å². The van der Waals surface area contributed by atoms with Crippen LogP contribution in [0.15, 0.2) is 36.4 Å². The Morgan fingerprint density at radius 2 is 1.92 bits per heavy atom. The van der Waals surface area contributed by atoms with E-state index in [0.29, 0.717) is 22.1 Å². The SMILES string of the molecule is COc1cccc(NC(=O)CCN(C(C)=O)c2c(C)cc(C)cc2Cl)c1. The number of hydrogen-bond donors (Lipinski definition) is 1. The molecular weight excluding hydrogens is 352 g/mol. The number of methoxy groups -OCH3 is 1. The Bertz CT molecular complexity index is 797. The van der Waals surface area contributed by atoms with Crippen LogP contribution in [0.4, 0.5) is 11.4 Å². The van der Waals surface area contributed by atoms with Gasteiger partial charge in [-0.25, -0.2) is 0 Å². The summed E-state index contributed by atoms with van der Waals surface area (Å²) in [6.45, 7) is 5.56. The average molecular weight is 375 g/mol. The van der Waals surface area contributed by atoms with Crippen LogP contribution in [0, 0.1) is 13.8 Å². The van der Waals surface area contributed by atoms with Crippen LogP contribution in [0.2, 0.25) is 5.02 Å². The molecule has 2 aromatic rings. The summed E-state index contributed by atoms with van der Waals surface area (Å²) >= 11 is 6.34. The molecule has 26 heavy (non-hydrogen) atoms. The van der Waals surface area contributed by atoms with E-state index in [2.05, 4.69) is 5.32 Å². The number of halogens is 1. The number of aryl methyl sites for hydroxylation is 2. The van der Waals surface area contributed by atoms with E-state index >= 15 is 0 Å². The molecule has 0 atom stereocenters. The molecule has 0 unspecified atom stereocenters. The molecule has 6 heteroatoms. The zero-order chi connectivity index (χ0) is 19.3. The molecule has 1 N–H and O–H groups in total. The molecule has 0 saturated heterocycles. The number of carbonyl (C=O) groups is 2. The van der Waals surface area contributed by atoms with Gasteiger partial charge in [-0.3, -0.25) is 9.59 Å². The standard InChI is InChI=1S/C20H23ClN2O3/c1-13-10-14(2)20(18(21)11-13)23(15(3)24)9-8-19(25)22-16-6-5-7-17(12-16)26-4/h5-7,10-12H,8-9H2,1-4H3,(H,22,25). The molecule has 0 saturated carbocycles. The normalized spacial score (nSPS) is 10.3. The second-order valence-electron chi connectivity index (χ2n) is 6.11. The van der Waals surface area contributed by atoms with Crippen molar-refractivity contribution in [1.29, 1.82) is 0 Å². The number of carbonyl (C=O) groups excluding carboxylic acids is 2. The summed E-state index contributed by atoms with van der Waals surface area (Å²) in [6.07, 6.45) is 0.153. The highest BCUT2D eigenvalue weighted by Gasteiger charge is 2.19. The lowest BCUT2D eigenvalue weighted by molar-refractivity contribution is -0.117. The summed E-state index contributed by atoms with van der Waals surface area (Å²) in [7, 11) is 1.57. The third kappa shape index (κ3) is 4.99. The molecule has 0 heterocycles. The van der Waals surface area contributed by atoms with Crippen LogP contribution in [0.25, 0.3) is 0 Å². The topological polar surface area (TPSA) is 58.6 Å². The lowest BCUT2D eigenvalue weighted by atomic mass is 10.1. The summed E-state index contributed by atoms with van der Waals surface area (Å²) in [5.74, 6) is 0.314.